The number of aryl methyl sites for hydroxylation is 2. The van der Waals surface area contributed by atoms with Gasteiger partial charge in [-0.15, -0.1) is 0 Å². The van der Waals surface area contributed by atoms with Gasteiger partial charge in [0.05, 0.1) is 10.6 Å². The van der Waals surface area contributed by atoms with Crippen molar-refractivity contribution >= 4 is 41.0 Å². The van der Waals surface area contributed by atoms with Crippen LogP contribution >= 0.6 is 23.2 Å². The molecule has 7 heteroatoms. The van der Waals surface area contributed by atoms with Crippen molar-refractivity contribution in [2.45, 2.75) is 13.8 Å². The van der Waals surface area contributed by atoms with Gasteiger partial charge < -0.3 is 0 Å². The molecule has 1 aliphatic rings. The summed E-state index contributed by atoms with van der Waals surface area (Å²) in [5.74, 6) is 0.114. The molecule has 0 unspecified atom stereocenters. The number of benzene rings is 1. The maximum absolute atomic E-state index is 12.6. The fourth-order valence-corrected chi connectivity index (χ4v) is 3.19. The number of anilines is 1. The van der Waals surface area contributed by atoms with Crippen molar-refractivity contribution in [3.8, 4) is 0 Å². The molecular weight excluding hydrogens is 349 g/mol. The van der Waals surface area contributed by atoms with Crippen LogP contribution in [-0.4, -0.2) is 34.9 Å². The molecule has 0 radical (unpaired) electrons. The third-order valence-corrected chi connectivity index (χ3v) is 4.32. The van der Waals surface area contributed by atoms with Gasteiger partial charge in [0.1, 0.15) is 5.82 Å². The first kappa shape index (κ1) is 16.7. The molecule has 0 spiro atoms. The van der Waals surface area contributed by atoms with E-state index in [1.54, 1.807) is 6.07 Å². The first-order valence-corrected chi connectivity index (χ1v) is 8.16. The molecule has 0 aliphatic carbocycles. The number of amides is 3. The van der Waals surface area contributed by atoms with E-state index in [0.29, 0.717) is 17.4 Å². The molecule has 0 atom stereocenters. The first-order chi connectivity index (χ1) is 11.4. The number of hydrogen-bond donors (Lipinski definition) is 0. The number of urea groups is 1. The van der Waals surface area contributed by atoms with Gasteiger partial charge in [-0.25, -0.2) is 9.78 Å². The second-order valence-corrected chi connectivity index (χ2v) is 6.50. The highest BCUT2D eigenvalue weighted by atomic mass is 35.5. The molecule has 0 saturated carbocycles. The van der Waals surface area contributed by atoms with E-state index >= 15 is 0 Å². The number of hydrogen-bond acceptors (Lipinski definition) is 3. The molecule has 124 valence electrons. The number of carbonyl (C=O) groups excluding carboxylic acids is 2. The Labute approximate surface area is 149 Å². The Morgan fingerprint density at radius 1 is 1.12 bits per heavy atom. The van der Waals surface area contributed by atoms with Crippen LogP contribution in [0.4, 0.5) is 10.6 Å². The Kier molecular flexibility index (Phi) is 4.47. The van der Waals surface area contributed by atoms with E-state index in [9.17, 15) is 9.59 Å². The SMILES string of the molecule is Cc1cc(C)nc(N2CCN(C(=O)c3ccc(Cl)cc3Cl)C2=O)c1. The lowest BCUT2D eigenvalue weighted by atomic mass is 10.2. The second-order valence-electron chi connectivity index (χ2n) is 5.66. The molecule has 3 rings (SSSR count). The molecule has 24 heavy (non-hydrogen) atoms. The normalized spacial score (nSPS) is 14.4. The second kappa shape index (κ2) is 6.42. The topological polar surface area (TPSA) is 53.5 Å². The van der Waals surface area contributed by atoms with Crippen LogP contribution in [0.5, 0.6) is 0 Å². The Morgan fingerprint density at radius 3 is 2.54 bits per heavy atom. The molecule has 0 N–H and O–H groups in total. The van der Waals surface area contributed by atoms with Crippen LogP contribution in [0, 0.1) is 13.8 Å². The standard InChI is InChI=1S/C17H15Cl2N3O2/c1-10-7-11(2)20-15(8-10)21-5-6-22(17(21)24)16(23)13-4-3-12(18)9-14(13)19/h3-4,7-9H,5-6H2,1-2H3. The zero-order valence-electron chi connectivity index (χ0n) is 13.2. The number of pyridine rings is 1. The number of nitrogens with zero attached hydrogens (tertiary/aromatic N) is 3. The molecule has 1 aromatic heterocycles. The highest BCUT2D eigenvalue weighted by Crippen LogP contribution is 2.25. The van der Waals surface area contributed by atoms with Gasteiger partial charge in [-0.1, -0.05) is 23.2 Å². The molecule has 2 aromatic rings. The highest BCUT2D eigenvalue weighted by molar-refractivity contribution is 6.37. The van der Waals surface area contributed by atoms with Gasteiger partial charge in [0, 0.05) is 23.8 Å². The maximum Gasteiger partial charge on any atom is 0.332 e. The lowest BCUT2D eigenvalue weighted by Gasteiger charge is -2.18. The summed E-state index contributed by atoms with van der Waals surface area (Å²) in [6, 6.07) is 7.94. The quantitative estimate of drug-likeness (QED) is 0.807. The highest BCUT2D eigenvalue weighted by Gasteiger charge is 2.35. The summed E-state index contributed by atoms with van der Waals surface area (Å²) < 4.78 is 0. The minimum absolute atomic E-state index is 0.225. The summed E-state index contributed by atoms with van der Waals surface area (Å²) in [5.41, 5.74) is 2.09. The Morgan fingerprint density at radius 2 is 1.88 bits per heavy atom. The predicted molar refractivity (Wildman–Crippen MR) is 94.0 cm³/mol. The van der Waals surface area contributed by atoms with Crippen molar-refractivity contribution in [3.05, 3.63) is 57.2 Å². The third kappa shape index (κ3) is 3.09. The van der Waals surface area contributed by atoms with Crippen LogP contribution < -0.4 is 4.90 Å². The van der Waals surface area contributed by atoms with Gasteiger partial charge in [0.2, 0.25) is 0 Å². The number of rotatable bonds is 2. The lowest BCUT2D eigenvalue weighted by Crippen LogP contribution is -2.36. The summed E-state index contributed by atoms with van der Waals surface area (Å²) >= 11 is 11.9. The fourth-order valence-electron chi connectivity index (χ4n) is 2.70. The smallest absolute Gasteiger partial charge is 0.276 e. The van der Waals surface area contributed by atoms with Crippen molar-refractivity contribution in [2.75, 3.05) is 18.0 Å². The molecule has 2 heterocycles. The Hall–Kier alpha value is -2.11. The van der Waals surface area contributed by atoms with Gasteiger partial charge in [0.15, 0.2) is 0 Å². The van der Waals surface area contributed by atoms with Crippen LogP contribution in [0.15, 0.2) is 30.3 Å². The van der Waals surface area contributed by atoms with Gasteiger partial charge in [-0.3, -0.25) is 14.6 Å². The van der Waals surface area contributed by atoms with E-state index < -0.39 is 11.9 Å². The molecular formula is C17H15Cl2N3O2. The van der Waals surface area contributed by atoms with E-state index in [2.05, 4.69) is 4.98 Å². The predicted octanol–water partition coefficient (Wildman–Crippen LogP) is 4.09. The summed E-state index contributed by atoms with van der Waals surface area (Å²) in [6.07, 6.45) is 0. The molecule has 1 saturated heterocycles. The first-order valence-electron chi connectivity index (χ1n) is 7.40. The summed E-state index contributed by atoms with van der Waals surface area (Å²) in [5, 5.41) is 0.661. The van der Waals surface area contributed by atoms with Crippen LogP contribution in [0.2, 0.25) is 10.0 Å². The minimum Gasteiger partial charge on any atom is -0.276 e. The number of halogens is 2. The Bertz CT molecular complexity index is 818. The number of imide groups is 1. The van der Waals surface area contributed by atoms with Crippen LogP contribution in [0.3, 0.4) is 0 Å². The van der Waals surface area contributed by atoms with Crippen LogP contribution in [0.1, 0.15) is 21.6 Å². The molecule has 1 fully saturated rings. The summed E-state index contributed by atoms with van der Waals surface area (Å²) in [4.78, 5) is 32.3. The summed E-state index contributed by atoms with van der Waals surface area (Å²) in [7, 11) is 0. The minimum atomic E-state index is -0.437. The molecule has 5 nitrogen and oxygen atoms in total. The van der Waals surface area contributed by atoms with Gasteiger partial charge in [-0.2, -0.15) is 0 Å². The van der Waals surface area contributed by atoms with Crippen LogP contribution in [0.25, 0.3) is 0 Å². The van der Waals surface area contributed by atoms with Crippen molar-refractivity contribution in [1.82, 2.24) is 9.88 Å². The Balaban J connectivity index is 1.87. The number of aromatic nitrogens is 1. The fraction of sp³-hybridized carbons (Fsp3) is 0.235. The van der Waals surface area contributed by atoms with Crippen molar-refractivity contribution in [3.63, 3.8) is 0 Å². The van der Waals surface area contributed by atoms with Crippen molar-refractivity contribution in [2.24, 2.45) is 0 Å². The van der Waals surface area contributed by atoms with E-state index in [-0.39, 0.29) is 17.1 Å². The molecule has 0 bridgehead atoms. The van der Waals surface area contributed by atoms with Gasteiger partial charge in [0.25, 0.3) is 5.91 Å². The van der Waals surface area contributed by atoms with E-state index in [1.165, 1.54) is 21.9 Å². The van der Waals surface area contributed by atoms with Gasteiger partial charge in [-0.05, 0) is 49.7 Å². The van der Waals surface area contributed by atoms with Crippen molar-refractivity contribution in [1.29, 1.82) is 0 Å². The van der Waals surface area contributed by atoms with Gasteiger partial charge >= 0.3 is 6.03 Å². The monoisotopic (exact) mass is 363 g/mol. The molecule has 1 aromatic carbocycles. The van der Waals surface area contributed by atoms with Crippen LogP contribution in [-0.2, 0) is 0 Å². The zero-order valence-corrected chi connectivity index (χ0v) is 14.7. The third-order valence-electron chi connectivity index (χ3n) is 3.78. The zero-order chi connectivity index (χ0) is 17.4. The largest absolute Gasteiger partial charge is 0.332 e. The van der Waals surface area contributed by atoms with Crippen molar-refractivity contribution < 1.29 is 9.59 Å². The average molecular weight is 364 g/mol. The van der Waals surface area contributed by atoms with E-state index in [1.807, 2.05) is 26.0 Å². The average Bonchev–Trinajstić information content (AvgIpc) is 2.87. The maximum atomic E-state index is 12.6. The molecule has 1 aliphatic heterocycles. The van der Waals surface area contributed by atoms with E-state index in [0.717, 1.165) is 11.3 Å². The summed E-state index contributed by atoms with van der Waals surface area (Å²) in [6.45, 7) is 4.49. The number of carbonyl (C=O) groups is 2. The van der Waals surface area contributed by atoms with E-state index in [4.69, 9.17) is 23.2 Å². The molecule has 3 amide bonds. The lowest BCUT2D eigenvalue weighted by molar-refractivity contribution is 0.0830.